The molecule has 0 radical (unpaired) electrons. The third kappa shape index (κ3) is 1.24. The number of carbonyl (C=O) groups excluding carboxylic acids is 2. The molecule has 1 N–H and O–H groups in total. The van der Waals surface area contributed by atoms with E-state index in [1.165, 1.54) is 0 Å². The van der Waals surface area contributed by atoms with Crippen LogP contribution in [0.5, 0.6) is 0 Å². The molecule has 0 bridgehead atoms. The third-order valence-electron chi connectivity index (χ3n) is 2.92. The highest BCUT2D eigenvalue weighted by Crippen LogP contribution is 2.33. The lowest BCUT2D eigenvalue weighted by Crippen LogP contribution is -2.20. The molecule has 1 heterocycles. The predicted octanol–water partition coefficient (Wildman–Crippen LogP) is 2.19. The van der Waals surface area contributed by atoms with Gasteiger partial charge < -0.3 is 10.1 Å². The summed E-state index contributed by atoms with van der Waals surface area (Å²) in [6.45, 7) is 0. The number of nitrogens with one attached hydrogen (secondary N) is 1. The van der Waals surface area contributed by atoms with Gasteiger partial charge in [0, 0.05) is 18.1 Å². The summed E-state index contributed by atoms with van der Waals surface area (Å²) in [7, 11) is 1.73. The first kappa shape index (κ1) is 9.84. The van der Waals surface area contributed by atoms with Gasteiger partial charge in [-0.1, -0.05) is 18.2 Å². The van der Waals surface area contributed by atoms with Crippen LogP contribution in [0.3, 0.4) is 0 Å². The number of cyclic esters (lactones) is 2. The molecule has 0 spiro atoms. The highest BCUT2D eigenvalue weighted by molar-refractivity contribution is 6.23. The summed E-state index contributed by atoms with van der Waals surface area (Å²) in [5, 5.41) is 4.46. The summed E-state index contributed by atoms with van der Waals surface area (Å²) in [6, 6.07) is 8.99. The molecule has 0 unspecified atom stereocenters. The van der Waals surface area contributed by atoms with Crippen LogP contribution >= 0.6 is 0 Å². The van der Waals surface area contributed by atoms with E-state index in [1.807, 2.05) is 12.1 Å². The van der Waals surface area contributed by atoms with E-state index in [9.17, 15) is 9.59 Å². The zero-order valence-corrected chi connectivity index (χ0v) is 9.11. The predicted molar refractivity (Wildman–Crippen MR) is 63.2 cm³/mol. The monoisotopic (exact) mass is 227 g/mol. The average Bonchev–Trinajstić information content (AvgIpc) is 2.35. The van der Waals surface area contributed by atoms with Gasteiger partial charge in [-0.05, 0) is 17.5 Å². The smallest absolute Gasteiger partial charge is 0.348 e. The molecule has 2 aromatic carbocycles. The van der Waals surface area contributed by atoms with Gasteiger partial charge in [0.05, 0.1) is 11.1 Å². The summed E-state index contributed by atoms with van der Waals surface area (Å²) in [4.78, 5) is 23.4. The van der Waals surface area contributed by atoms with Crippen molar-refractivity contribution in [1.29, 1.82) is 0 Å². The van der Waals surface area contributed by atoms with E-state index < -0.39 is 11.9 Å². The average molecular weight is 227 g/mol. The van der Waals surface area contributed by atoms with Crippen LogP contribution in [0.25, 0.3) is 10.8 Å². The van der Waals surface area contributed by atoms with E-state index in [4.69, 9.17) is 4.74 Å². The first-order chi connectivity index (χ1) is 8.22. The Labute approximate surface area is 97.2 Å². The molecule has 0 fully saturated rings. The molecule has 1 aliphatic heterocycles. The van der Waals surface area contributed by atoms with Crippen molar-refractivity contribution >= 4 is 28.4 Å². The summed E-state index contributed by atoms with van der Waals surface area (Å²) < 4.78 is 4.73. The molecular weight excluding hydrogens is 218 g/mol. The molecule has 0 aromatic heterocycles. The van der Waals surface area contributed by atoms with Crippen molar-refractivity contribution in [1.82, 2.24) is 0 Å². The van der Waals surface area contributed by atoms with Crippen LogP contribution in [0.1, 0.15) is 20.7 Å². The maximum Gasteiger partial charge on any atom is 0.348 e. The molecule has 4 nitrogen and oxygen atoms in total. The fourth-order valence-corrected chi connectivity index (χ4v) is 2.16. The zero-order valence-electron chi connectivity index (χ0n) is 9.11. The first-order valence-corrected chi connectivity index (χ1v) is 5.22. The molecule has 17 heavy (non-hydrogen) atoms. The second-order valence-electron chi connectivity index (χ2n) is 3.82. The van der Waals surface area contributed by atoms with Gasteiger partial charge in [-0.25, -0.2) is 9.59 Å². The van der Waals surface area contributed by atoms with Gasteiger partial charge in [0.15, 0.2) is 0 Å². The quantitative estimate of drug-likeness (QED) is 0.599. The number of hydrogen-bond donors (Lipinski definition) is 1. The molecule has 2 aromatic rings. The number of esters is 2. The number of anilines is 1. The minimum absolute atomic E-state index is 0.431. The number of ether oxygens (including phenoxy) is 1. The summed E-state index contributed by atoms with van der Waals surface area (Å²) >= 11 is 0. The van der Waals surface area contributed by atoms with Crippen LogP contribution < -0.4 is 5.32 Å². The molecule has 0 atom stereocenters. The van der Waals surface area contributed by atoms with Gasteiger partial charge >= 0.3 is 11.9 Å². The van der Waals surface area contributed by atoms with Gasteiger partial charge in [-0.2, -0.15) is 0 Å². The second-order valence-corrected chi connectivity index (χ2v) is 3.82. The van der Waals surface area contributed by atoms with Crippen LogP contribution in [0.4, 0.5) is 5.69 Å². The Morgan fingerprint density at radius 3 is 2.65 bits per heavy atom. The van der Waals surface area contributed by atoms with Crippen molar-refractivity contribution in [2.24, 2.45) is 0 Å². The van der Waals surface area contributed by atoms with Crippen molar-refractivity contribution in [2.75, 3.05) is 12.4 Å². The molecule has 0 amide bonds. The van der Waals surface area contributed by atoms with Crippen molar-refractivity contribution in [2.45, 2.75) is 0 Å². The van der Waals surface area contributed by atoms with E-state index in [0.29, 0.717) is 22.2 Å². The summed E-state index contributed by atoms with van der Waals surface area (Å²) in [5.41, 5.74) is 1.54. The molecule has 0 aliphatic carbocycles. The number of hydrogen-bond acceptors (Lipinski definition) is 4. The van der Waals surface area contributed by atoms with Crippen molar-refractivity contribution < 1.29 is 14.3 Å². The van der Waals surface area contributed by atoms with E-state index >= 15 is 0 Å². The Morgan fingerprint density at radius 2 is 1.88 bits per heavy atom. The van der Waals surface area contributed by atoms with Gasteiger partial charge in [0.1, 0.15) is 0 Å². The Balaban J connectivity index is 2.53. The molecule has 84 valence electrons. The highest BCUT2D eigenvalue weighted by Gasteiger charge is 2.29. The van der Waals surface area contributed by atoms with Crippen LogP contribution in [-0.4, -0.2) is 19.0 Å². The molecule has 4 heteroatoms. The minimum Gasteiger partial charge on any atom is -0.387 e. The third-order valence-corrected chi connectivity index (χ3v) is 2.92. The van der Waals surface area contributed by atoms with Crippen LogP contribution in [0, 0.1) is 0 Å². The zero-order chi connectivity index (χ0) is 12.0. The van der Waals surface area contributed by atoms with Crippen molar-refractivity contribution in [3.63, 3.8) is 0 Å². The SMILES string of the molecule is CNc1ccc2cccc3c2c1C(=O)OC3=O. The summed E-state index contributed by atoms with van der Waals surface area (Å²) in [5.74, 6) is -1.18. The lowest BCUT2D eigenvalue weighted by molar-refractivity contribution is 0.0392. The number of rotatable bonds is 1. The van der Waals surface area contributed by atoms with Crippen LogP contribution in [0.15, 0.2) is 30.3 Å². The second kappa shape index (κ2) is 3.31. The molecule has 3 rings (SSSR count). The Bertz CT molecular complexity index is 661. The minimum atomic E-state index is -0.594. The number of benzene rings is 2. The Morgan fingerprint density at radius 1 is 1.06 bits per heavy atom. The Kier molecular flexibility index (Phi) is 1.92. The van der Waals surface area contributed by atoms with Crippen LogP contribution in [0.2, 0.25) is 0 Å². The van der Waals surface area contributed by atoms with Crippen molar-refractivity contribution in [3.05, 3.63) is 41.5 Å². The lowest BCUT2D eigenvalue weighted by atomic mass is 9.96. The van der Waals surface area contributed by atoms with E-state index in [1.54, 1.807) is 25.2 Å². The molecular formula is C13H9NO3. The largest absolute Gasteiger partial charge is 0.387 e. The van der Waals surface area contributed by atoms with Gasteiger partial charge in [0.25, 0.3) is 0 Å². The Hall–Kier alpha value is -2.36. The first-order valence-electron chi connectivity index (χ1n) is 5.22. The van der Waals surface area contributed by atoms with Gasteiger partial charge in [-0.3, -0.25) is 0 Å². The fraction of sp³-hybridized carbons (Fsp3) is 0.0769. The van der Waals surface area contributed by atoms with Crippen LogP contribution in [-0.2, 0) is 4.74 Å². The van der Waals surface area contributed by atoms with E-state index in [0.717, 1.165) is 5.39 Å². The fourth-order valence-electron chi connectivity index (χ4n) is 2.16. The standard InChI is InChI=1S/C13H9NO3/c1-14-9-6-5-7-3-2-4-8-10(7)11(9)13(16)17-12(8)15/h2-6,14H,1H3. The molecule has 0 saturated heterocycles. The van der Waals surface area contributed by atoms with Gasteiger partial charge in [0.2, 0.25) is 0 Å². The topological polar surface area (TPSA) is 55.4 Å². The highest BCUT2D eigenvalue weighted by atomic mass is 16.6. The summed E-state index contributed by atoms with van der Waals surface area (Å²) in [6.07, 6.45) is 0. The lowest BCUT2D eigenvalue weighted by Gasteiger charge is -2.18. The maximum atomic E-state index is 11.8. The maximum absolute atomic E-state index is 11.8. The molecule has 1 aliphatic rings. The van der Waals surface area contributed by atoms with Gasteiger partial charge in [-0.15, -0.1) is 0 Å². The number of carbonyl (C=O) groups is 2. The van der Waals surface area contributed by atoms with E-state index in [-0.39, 0.29) is 0 Å². The van der Waals surface area contributed by atoms with Crippen molar-refractivity contribution in [3.8, 4) is 0 Å². The van der Waals surface area contributed by atoms with E-state index in [2.05, 4.69) is 5.32 Å². The normalized spacial score (nSPS) is 13.7. The molecule has 0 saturated carbocycles.